The van der Waals surface area contributed by atoms with Gasteiger partial charge in [-0.15, -0.1) is 22.7 Å². The fourth-order valence-corrected chi connectivity index (χ4v) is 4.77. The molecule has 0 aliphatic carbocycles. The molecule has 0 aliphatic rings. The summed E-state index contributed by atoms with van der Waals surface area (Å²) in [5.74, 6) is 0.439. The topological polar surface area (TPSA) is 30.0 Å². The Balaban J connectivity index is 1.72. The third kappa shape index (κ3) is 3.18. The lowest BCUT2D eigenvalue weighted by Gasteiger charge is -1.94. The van der Waals surface area contributed by atoms with Gasteiger partial charge in [0.15, 0.2) is 10.1 Å². The number of thiophene rings is 1. The Kier molecular flexibility index (Phi) is 4.33. The van der Waals surface area contributed by atoms with Crippen molar-refractivity contribution in [2.75, 3.05) is 5.75 Å². The van der Waals surface area contributed by atoms with Crippen LogP contribution in [0.25, 0.3) is 10.2 Å². The predicted molar refractivity (Wildman–Crippen MR) is 89.0 cm³/mol. The van der Waals surface area contributed by atoms with Crippen molar-refractivity contribution in [3.05, 3.63) is 44.6 Å². The maximum absolute atomic E-state index is 12.0. The van der Waals surface area contributed by atoms with Crippen LogP contribution in [0, 0.1) is 0 Å². The number of fused-ring (bicyclic) bond motifs is 1. The van der Waals surface area contributed by atoms with Crippen molar-refractivity contribution in [2.45, 2.75) is 4.34 Å². The van der Waals surface area contributed by atoms with Crippen LogP contribution in [0.3, 0.4) is 0 Å². The van der Waals surface area contributed by atoms with Gasteiger partial charge in [-0.1, -0.05) is 35.0 Å². The summed E-state index contributed by atoms with van der Waals surface area (Å²) in [5, 5.41) is 0.670. The van der Waals surface area contributed by atoms with Gasteiger partial charge in [-0.05, 0) is 30.3 Å². The van der Waals surface area contributed by atoms with E-state index in [1.54, 1.807) is 23.5 Å². The van der Waals surface area contributed by atoms with Gasteiger partial charge in [-0.2, -0.15) is 0 Å². The molecule has 3 aromatic rings. The summed E-state index contributed by atoms with van der Waals surface area (Å²) < 4.78 is 2.58. The van der Waals surface area contributed by atoms with Crippen molar-refractivity contribution >= 4 is 73.6 Å². The molecule has 0 bridgehead atoms. The number of thiazole rings is 1. The van der Waals surface area contributed by atoms with Crippen LogP contribution < -0.4 is 0 Å². The van der Waals surface area contributed by atoms with Crippen molar-refractivity contribution in [1.82, 2.24) is 4.98 Å². The molecule has 0 saturated heterocycles. The highest BCUT2D eigenvalue weighted by Gasteiger charge is 2.11. The predicted octanol–water partition coefficient (Wildman–Crippen LogP) is 5.64. The molecular formula is C13H7Cl2NOS3. The summed E-state index contributed by atoms with van der Waals surface area (Å²) in [6, 6.07) is 9.12. The highest BCUT2D eigenvalue weighted by atomic mass is 35.5. The van der Waals surface area contributed by atoms with Crippen LogP contribution >= 0.6 is 57.6 Å². The number of carbonyl (C=O) groups excluding carboxylic acids is 1. The number of aromatic nitrogens is 1. The van der Waals surface area contributed by atoms with Gasteiger partial charge in [-0.25, -0.2) is 4.98 Å². The molecule has 0 saturated carbocycles. The van der Waals surface area contributed by atoms with Crippen molar-refractivity contribution in [2.24, 2.45) is 0 Å². The Hall–Kier alpha value is -0.590. The van der Waals surface area contributed by atoms with Gasteiger partial charge in [0.25, 0.3) is 0 Å². The maximum Gasteiger partial charge on any atom is 0.183 e. The normalized spacial score (nSPS) is 11.1. The zero-order chi connectivity index (χ0) is 14.1. The number of halogens is 2. The summed E-state index contributed by atoms with van der Waals surface area (Å²) in [7, 11) is 0. The molecule has 0 spiro atoms. The van der Waals surface area contributed by atoms with E-state index >= 15 is 0 Å². The molecule has 1 aromatic carbocycles. The number of thioether (sulfide) groups is 1. The van der Waals surface area contributed by atoms with E-state index in [1.165, 1.54) is 23.1 Å². The third-order valence-corrected chi connectivity index (χ3v) is 6.19. The van der Waals surface area contributed by atoms with Gasteiger partial charge in [0.05, 0.1) is 25.2 Å². The third-order valence-electron chi connectivity index (χ3n) is 2.50. The van der Waals surface area contributed by atoms with Crippen molar-refractivity contribution in [3.8, 4) is 0 Å². The number of hydrogen-bond donors (Lipinski definition) is 0. The summed E-state index contributed by atoms with van der Waals surface area (Å²) in [6.07, 6.45) is 0. The van der Waals surface area contributed by atoms with Gasteiger partial charge in [0, 0.05) is 5.02 Å². The lowest BCUT2D eigenvalue weighted by atomic mass is 10.3. The van der Waals surface area contributed by atoms with Crippen molar-refractivity contribution in [1.29, 1.82) is 0 Å². The van der Waals surface area contributed by atoms with Gasteiger partial charge in [0.2, 0.25) is 0 Å². The minimum Gasteiger partial charge on any atom is -0.292 e. The van der Waals surface area contributed by atoms with Crippen molar-refractivity contribution in [3.63, 3.8) is 0 Å². The van der Waals surface area contributed by atoms with Crippen LogP contribution in [-0.4, -0.2) is 16.5 Å². The molecule has 2 aromatic heterocycles. The number of carbonyl (C=O) groups is 1. The zero-order valence-electron chi connectivity index (χ0n) is 9.93. The Morgan fingerprint density at radius 2 is 2.05 bits per heavy atom. The Morgan fingerprint density at radius 3 is 2.80 bits per heavy atom. The second kappa shape index (κ2) is 6.03. The average Bonchev–Trinajstić information content (AvgIpc) is 3.01. The van der Waals surface area contributed by atoms with Crippen LogP contribution in [0.15, 0.2) is 34.7 Å². The molecule has 0 N–H and O–H groups in total. The van der Waals surface area contributed by atoms with E-state index in [0.29, 0.717) is 20.0 Å². The fourth-order valence-electron chi connectivity index (χ4n) is 1.60. The Bertz CT molecular complexity index is 781. The molecule has 7 heteroatoms. The minimum atomic E-state index is 0.0733. The number of nitrogens with zero attached hydrogens (tertiary/aromatic N) is 1. The first-order valence-corrected chi connectivity index (χ1v) is 8.97. The Morgan fingerprint density at radius 1 is 1.20 bits per heavy atom. The number of hydrogen-bond acceptors (Lipinski definition) is 5. The summed E-state index contributed by atoms with van der Waals surface area (Å²) >= 11 is 16.1. The molecule has 2 heterocycles. The van der Waals surface area contributed by atoms with E-state index < -0.39 is 0 Å². The molecule has 0 atom stereocenters. The fraction of sp³-hybridized carbons (Fsp3) is 0.0769. The molecule has 2 nitrogen and oxygen atoms in total. The highest BCUT2D eigenvalue weighted by molar-refractivity contribution is 8.01. The molecule has 0 fully saturated rings. The SMILES string of the molecule is O=C(CSc1nc2cc(Cl)ccc2s1)c1ccc(Cl)s1. The van der Waals surface area contributed by atoms with Crippen LogP contribution in [0.2, 0.25) is 9.36 Å². The number of rotatable bonds is 4. The summed E-state index contributed by atoms with van der Waals surface area (Å²) in [4.78, 5) is 17.1. The van der Waals surface area contributed by atoms with E-state index in [9.17, 15) is 4.79 Å². The second-order valence-electron chi connectivity index (χ2n) is 3.91. The molecule has 0 radical (unpaired) electrons. The lowest BCUT2D eigenvalue weighted by molar-refractivity contribution is 0.102. The van der Waals surface area contributed by atoms with Crippen LogP contribution in [-0.2, 0) is 0 Å². The molecule has 0 aliphatic heterocycles. The second-order valence-corrected chi connectivity index (χ2v) is 8.31. The quantitative estimate of drug-likeness (QED) is 0.445. The highest BCUT2D eigenvalue weighted by Crippen LogP contribution is 2.32. The monoisotopic (exact) mass is 359 g/mol. The molecule has 102 valence electrons. The Labute approximate surface area is 137 Å². The molecule has 0 unspecified atom stereocenters. The van der Waals surface area contributed by atoms with Gasteiger partial charge >= 0.3 is 0 Å². The van der Waals surface area contributed by atoms with E-state index in [4.69, 9.17) is 23.2 Å². The zero-order valence-corrected chi connectivity index (χ0v) is 13.9. The molecular weight excluding hydrogens is 353 g/mol. The average molecular weight is 360 g/mol. The lowest BCUT2D eigenvalue weighted by Crippen LogP contribution is -1.98. The van der Waals surface area contributed by atoms with E-state index in [0.717, 1.165) is 14.6 Å². The van der Waals surface area contributed by atoms with E-state index in [1.807, 2.05) is 18.2 Å². The summed E-state index contributed by atoms with van der Waals surface area (Å²) in [6.45, 7) is 0. The van der Waals surface area contributed by atoms with Crippen LogP contribution in [0.4, 0.5) is 0 Å². The smallest absolute Gasteiger partial charge is 0.183 e. The maximum atomic E-state index is 12.0. The summed E-state index contributed by atoms with van der Waals surface area (Å²) in [5.41, 5.74) is 0.872. The standard InChI is InChI=1S/C13H7Cl2NOS3/c14-7-1-2-10-8(5-7)16-13(20-10)18-6-9(17)11-3-4-12(15)19-11/h1-5H,6H2. The van der Waals surface area contributed by atoms with Crippen LogP contribution in [0.5, 0.6) is 0 Å². The van der Waals surface area contributed by atoms with E-state index in [-0.39, 0.29) is 5.78 Å². The minimum absolute atomic E-state index is 0.0733. The largest absolute Gasteiger partial charge is 0.292 e. The van der Waals surface area contributed by atoms with E-state index in [2.05, 4.69) is 4.98 Å². The molecule has 20 heavy (non-hydrogen) atoms. The first-order chi connectivity index (χ1) is 9.61. The first kappa shape index (κ1) is 14.4. The first-order valence-electron chi connectivity index (χ1n) is 5.59. The van der Waals surface area contributed by atoms with Crippen molar-refractivity contribution < 1.29 is 4.79 Å². The number of Topliss-reactive ketones (excluding diaryl/α,β-unsaturated/α-hetero) is 1. The number of ketones is 1. The molecule has 0 amide bonds. The van der Waals surface area contributed by atoms with Gasteiger partial charge in [0.1, 0.15) is 0 Å². The van der Waals surface area contributed by atoms with Gasteiger partial charge < -0.3 is 0 Å². The van der Waals surface area contributed by atoms with Gasteiger partial charge in [-0.3, -0.25) is 4.79 Å². The van der Waals surface area contributed by atoms with Crippen LogP contribution in [0.1, 0.15) is 9.67 Å². The molecule has 3 rings (SSSR count). The number of benzene rings is 1.